The first-order valence-electron chi connectivity index (χ1n) is 18.4. The summed E-state index contributed by atoms with van der Waals surface area (Å²) >= 11 is 10.6. The molecule has 0 N–H and O–H groups in total. The summed E-state index contributed by atoms with van der Waals surface area (Å²) in [4.78, 5) is 0. The Bertz CT molecular complexity index is 2220. The van der Waals surface area contributed by atoms with Gasteiger partial charge in [-0.2, -0.15) is 0 Å². The maximum Gasteiger partial charge on any atom is -1.00 e. The van der Waals surface area contributed by atoms with Crippen molar-refractivity contribution in [2.75, 3.05) is 0 Å². The first-order chi connectivity index (χ1) is 23.9. The van der Waals surface area contributed by atoms with E-state index >= 15 is 0 Å². The fraction of sp³-hybridized carbons (Fsp3) is 0.312. The monoisotopic (exact) mass is 854 g/mol. The number of benzene rings is 4. The van der Waals surface area contributed by atoms with Gasteiger partial charge in [-0.05, 0) is 0 Å². The molecule has 4 aromatic carbocycles. The van der Waals surface area contributed by atoms with Gasteiger partial charge >= 0.3 is 325 Å². The quantitative estimate of drug-likeness (QED) is 0.196. The van der Waals surface area contributed by atoms with E-state index in [4.69, 9.17) is 23.2 Å². The molecule has 0 heterocycles. The molecule has 0 bridgehead atoms. The summed E-state index contributed by atoms with van der Waals surface area (Å²) in [5.41, 5.74) is 18.3. The van der Waals surface area contributed by atoms with Crippen LogP contribution in [0.4, 0.5) is 0 Å². The normalized spacial score (nSPS) is 18.6. The Hall–Kier alpha value is -2.25. The minimum Gasteiger partial charge on any atom is -1.00 e. The molecule has 4 aliphatic rings. The standard InChI is InChI=1S/C25H25.C13H8Cl2.C10H15.2ClH.Zr/c1-14-12-24(3,4)22-8-16-7-17-9-23-19(15(2)13-25(23,5)6)11-21(17)20(16)10-18(14)22;14-12-5-1-3-10(8-12)7-11-4-2-6-13(15)9-11;1-8-5-6-9(7-8)10(2,3)4;;;/h7-13H,1-6H3;1-6,8-9H;6-8H,1-4H3;2*1H;/q;;;;;+2/p-2. The van der Waals surface area contributed by atoms with Crippen LogP contribution in [0.5, 0.6) is 0 Å². The number of fused-ring (bicyclic) bond motifs is 5. The van der Waals surface area contributed by atoms with Gasteiger partial charge in [0.1, 0.15) is 0 Å². The minimum absolute atomic E-state index is 0. The summed E-state index contributed by atoms with van der Waals surface area (Å²) in [5, 5.41) is 1.54. The van der Waals surface area contributed by atoms with Crippen LogP contribution in [-0.4, -0.2) is 3.21 Å². The smallest absolute Gasteiger partial charge is 1.00 e. The number of hydrogen-bond acceptors (Lipinski definition) is 0. The average molecular weight is 858 g/mol. The van der Waals surface area contributed by atoms with E-state index in [0.29, 0.717) is 5.92 Å². The largest absolute Gasteiger partial charge is 1.00 e. The van der Waals surface area contributed by atoms with Crippen LogP contribution < -0.4 is 24.8 Å². The molecule has 4 aromatic rings. The predicted octanol–water partition coefficient (Wildman–Crippen LogP) is 7.85. The van der Waals surface area contributed by atoms with Crippen LogP contribution in [0.1, 0.15) is 117 Å². The number of allylic oxidation sites excluding steroid dienone is 8. The molecule has 8 rings (SSSR count). The molecule has 272 valence electrons. The Balaban J connectivity index is 0.00000240. The number of halogens is 4. The maximum atomic E-state index is 6.87. The van der Waals surface area contributed by atoms with Crippen LogP contribution in [0.25, 0.3) is 22.3 Å². The molecule has 0 amide bonds. The first kappa shape index (κ1) is 40.4. The Morgan fingerprint density at radius 2 is 1.11 bits per heavy atom. The van der Waals surface area contributed by atoms with Crippen LogP contribution in [0.15, 0.2) is 106 Å². The van der Waals surface area contributed by atoms with E-state index in [2.05, 4.69) is 154 Å². The molecule has 0 nitrogen and oxygen atoms in total. The molecule has 5 heteroatoms. The third-order valence-corrected chi connectivity index (χ3v) is 21.0. The Kier molecular flexibility index (Phi) is 10.7. The van der Waals surface area contributed by atoms with Gasteiger partial charge in [-0.25, -0.2) is 0 Å². The zero-order valence-corrected chi connectivity index (χ0v) is 37.9. The van der Waals surface area contributed by atoms with Crippen LogP contribution >= 0.6 is 23.2 Å². The molecular weight excluding hydrogens is 810 g/mol. The molecule has 53 heavy (non-hydrogen) atoms. The summed E-state index contributed by atoms with van der Waals surface area (Å²) in [6.45, 7) is 23.6. The SMILES string of the molecule is CC1=CC(C)(C)c2cc3c(cc21)-c1cc2c(cc1[CH]3[Zr+2]([C]1=CC(C(C)(C)C)=CC1C)=[C](c1cccc(Cl)c1)c1cccc(Cl)c1)C(C)(C)C=C2C.[Cl-].[Cl-]. The number of hydrogen-bond donors (Lipinski definition) is 0. The number of rotatable bonds is 4. The van der Waals surface area contributed by atoms with Crippen molar-refractivity contribution in [1.82, 2.24) is 0 Å². The fourth-order valence-electron chi connectivity index (χ4n) is 9.48. The van der Waals surface area contributed by atoms with Crippen molar-refractivity contribution in [3.05, 3.63) is 161 Å². The van der Waals surface area contributed by atoms with E-state index in [-0.39, 0.29) is 44.7 Å². The zero-order chi connectivity index (χ0) is 36.4. The van der Waals surface area contributed by atoms with Gasteiger partial charge in [-0.1, -0.05) is 0 Å². The van der Waals surface area contributed by atoms with Gasteiger partial charge in [0.2, 0.25) is 0 Å². The molecule has 1 unspecified atom stereocenters. The second-order valence-corrected chi connectivity index (χ2v) is 24.5. The molecule has 0 aromatic heterocycles. The van der Waals surface area contributed by atoms with Crippen molar-refractivity contribution in [2.45, 2.75) is 83.7 Å². The third kappa shape index (κ3) is 6.74. The molecular formula is C48H48Cl4Zr. The zero-order valence-electron chi connectivity index (χ0n) is 32.4. The van der Waals surface area contributed by atoms with Crippen molar-refractivity contribution in [2.24, 2.45) is 11.3 Å². The fourth-order valence-corrected chi connectivity index (χ4v) is 19.3. The summed E-state index contributed by atoms with van der Waals surface area (Å²) in [6, 6.07) is 27.6. The molecule has 0 saturated carbocycles. The molecule has 0 aliphatic heterocycles. The van der Waals surface area contributed by atoms with E-state index < -0.39 is 21.3 Å². The van der Waals surface area contributed by atoms with Crippen LogP contribution in [0.2, 0.25) is 10.0 Å². The van der Waals surface area contributed by atoms with Crippen molar-refractivity contribution < 1.29 is 46.1 Å². The third-order valence-electron chi connectivity index (χ3n) is 11.9. The van der Waals surface area contributed by atoms with Gasteiger partial charge in [0.05, 0.1) is 0 Å². The predicted molar refractivity (Wildman–Crippen MR) is 218 cm³/mol. The Morgan fingerprint density at radius 3 is 1.51 bits per heavy atom. The van der Waals surface area contributed by atoms with Crippen molar-refractivity contribution in [3.63, 3.8) is 0 Å². The van der Waals surface area contributed by atoms with Gasteiger partial charge in [-0.3, -0.25) is 0 Å². The van der Waals surface area contributed by atoms with Gasteiger partial charge < -0.3 is 24.8 Å². The van der Waals surface area contributed by atoms with Crippen molar-refractivity contribution in [1.29, 1.82) is 0 Å². The maximum absolute atomic E-state index is 6.87. The second kappa shape index (κ2) is 14.0. The Labute approximate surface area is 347 Å². The topological polar surface area (TPSA) is 0 Å². The molecule has 0 fully saturated rings. The summed E-state index contributed by atoms with van der Waals surface area (Å²) < 4.78 is 3.39. The van der Waals surface area contributed by atoms with E-state index in [1.54, 1.807) is 3.28 Å². The minimum atomic E-state index is -3.10. The molecule has 4 aliphatic carbocycles. The van der Waals surface area contributed by atoms with Crippen molar-refractivity contribution in [3.8, 4) is 11.1 Å². The van der Waals surface area contributed by atoms with Crippen LogP contribution in [-0.2, 0) is 32.1 Å². The van der Waals surface area contributed by atoms with E-state index in [0.717, 1.165) is 10.0 Å². The van der Waals surface area contributed by atoms with Gasteiger partial charge in [0, 0.05) is 0 Å². The molecule has 0 radical (unpaired) electrons. The molecule has 0 saturated heterocycles. The van der Waals surface area contributed by atoms with E-state index in [1.165, 1.54) is 75.6 Å². The van der Waals surface area contributed by atoms with E-state index in [1.807, 2.05) is 12.1 Å². The summed E-state index contributed by atoms with van der Waals surface area (Å²) in [6.07, 6.45) is 10.1. The van der Waals surface area contributed by atoms with Gasteiger partial charge in [0.25, 0.3) is 0 Å². The van der Waals surface area contributed by atoms with Gasteiger partial charge in [-0.15, -0.1) is 0 Å². The van der Waals surface area contributed by atoms with Gasteiger partial charge in [0.15, 0.2) is 0 Å². The molecule has 0 spiro atoms. The van der Waals surface area contributed by atoms with Crippen LogP contribution in [0, 0.1) is 11.3 Å². The van der Waals surface area contributed by atoms with E-state index in [9.17, 15) is 0 Å². The average Bonchev–Trinajstić information content (AvgIpc) is 3.71. The van der Waals surface area contributed by atoms with Crippen molar-refractivity contribution >= 4 is 37.6 Å². The second-order valence-electron chi connectivity index (χ2n) is 17.6. The molecule has 1 atom stereocenters. The summed E-state index contributed by atoms with van der Waals surface area (Å²) in [5.74, 6) is 0.346. The van der Waals surface area contributed by atoms with Crippen LogP contribution in [0.3, 0.4) is 0 Å². The Morgan fingerprint density at radius 1 is 0.660 bits per heavy atom. The summed E-state index contributed by atoms with van der Waals surface area (Å²) in [7, 11) is 0. The first-order valence-corrected chi connectivity index (χ1v) is 23.0.